The zero-order valence-corrected chi connectivity index (χ0v) is 16.9. The maximum absolute atomic E-state index is 11.5. The van der Waals surface area contributed by atoms with E-state index >= 15 is 0 Å². The van der Waals surface area contributed by atoms with E-state index in [0.717, 1.165) is 31.8 Å². The third kappa shape index (κ3) is 12.9. The van der Waals surface area contributed by atoms with Crippen molar-refractivity contribution in [3.63, 3.8) is 0 Å². The number of rotatable bonds is 6. The number of nitrogens with zero attached hydrogens (tertiary/aromatic N) is 3. The van der Waals surface area contributed by atoms with Gasteiger partial charge >= 0.3 is 5.97 Å². The Hall–Kier alpha value is -0.530. The van der Waals surface area contributed by atoms with Gasteiger partial charge in [0.25, 0.3) is 0 Å². The van der Waals surface area contributed by atoms with Gasteiger partial charge in [0, 0.05) is 41.2 Å². The van der Waals surface area contributed by atoms with Crippen molar-refractivity contribution < 1.29 is 9.53 Å². The van der Waals surface area contributed by atoms with E-state index in [2.05, 4.69) is 4.99 Å². The Balaban J connectivity index is 0. The molecule has 0 aliphatic heterocycles. The molecule has 0 amide bonds. The number of ether oxygens (including phenoxy) is 1. The van der Waals surface area contributed by atoms with Gasteiger partial charge in [-0.2, -0.15) is 0 Å². The summed E-state index contributed by atoms with van der Waals surface area (Å²) in [5, 5.41) is 0. The van der Waals surface area contributed by atoms with Crippen LogP contribution in [0.3, 0.4) is 0 Å². The summed E-state index contributed by atoms with van der Waals surface area (Å²) in [7, 11) is 7.95. The Morgan fingerprint density at radius 2 is 1.52 bits per heavy atom. The van der Waals surface area contributed by atoms with E-state index in [-0.39, 0.29) is 35.5 Å². The van der Waals surface area contributed by atoms with Crippen molar-refractivity contribution in [1.82, 2.24) is 9.80 Å². The van der Waals surface area contributed by atoms with Gasteiger partial charge in [-0.3, -0.25) is 9.79 Å². The molecule has 0 aromatic rings. The molecule has 0 aliphatic rings. The van der Waals surface area contributed by atoms with Gasteiger partial charge < -0.3 is 14.5 Å². The van der Waals surface area contributed by atoms with Crippen molar-refractivity contribution in [3.8, 4) is 0 Å². The molecule has 0 aliphatic carbocycles. The lowest BCUT2D eigenvalue weighted by atomic mass is 10.1. The summed E-state index contributed by atoms with van der Waals surface area (Å²) in [5.41, 5.74) is -0.381. The second-order valence-corrected chi connectivity index (χ2v) is 6.37. The van der Waals surface area contributed by atoms with E-state index in [1.54, 1.807) is 0 Å². The van der Waals surface area contributed by atoms with Gasteiger partial charge in [-0.25, -0.2) is 0 Å². The Labute approximate surface area is 147 Å². The van der Waals surface area contributed by atoms with Crippen molar-refractivity contribution in [1.29, 1.82) is 0 Å². The van der Waals surface area contributed by atoms with E-state index in [1.807, 2.05) is 58.8 Å². The van der Waals surface area contributed by atoms with Gasteiger partial charge in [-0.1, -0.05) is 6.42 Å². The minimum Gasteiger partial charge on any atom is -0.460 e. The van der Waals surface area contributed by atoms with Crippen molar-refractivity contribution in [2.45, 2.75) is 52.1 Å². The van der Waals surface area contributed by atoms with Crippen LogP contribution in [0.25, 0.3) is 0 Å². The van der Waals surface area contributed by atoms with Crippen molar-refractivity contribution in [3.05, 3.63) is 0 Å². The lowest BCUT2D eigenvalue weighted by molar-refractivity contribution is -0.154. The Morgan fingerprint density at radius 3 is 1.95 bits per heavy atom. The standard InChI is InChI=1S/C15H31N3O2.HI/c1-15(2,3)20-13(19)11-9-8-10-12-16-14(17(4)5)18(6)7;/h8-12H2,1-7H3;1H. The van der Waals surface area contributed by atoms with E-state index in [9.17, 15) is 4.79 Å². The number of guanidine groups is 1. The summed E-state index contributed by atoms with van der Waals surface area (Å²) in [6.07, 6.45) is 3.35. The lowest BCUT2D eigenvalue weighted by Gasteiger charge is -2.22. The highest BCUT2D eigenvalue weighted by atomic mass is 127. The molecule has 0 radical (unpaired) electrons. The quantitative estimate of drug-likeness (QED) is 0.221. The van der Waals surface area contributed by atoms with Crippen LogP contribution in [0.1, 0.15) is 46.5 Å². The molecule has 0 rings (SSSR count). The molecule has 0 aromatic carbocycles. The molecule has 0 atom stereocenters. The molecule has 6 heteroatoms. The molecule has 5 nitrogen and oxygen atoms in total. The van der Waals surface area contributed by atoms with E-state index in [1.165, 1.54) is 0 Å². The smallest absolute Gasteiger partial charge is 0.306 e. The molecule has 0 saturated carbocycles. The highest BCUT2D eigenvalue weighted by molar-refractivity contribution is 14.0. The predicted octanol–water partition coefficient (Wildman–Crippen LogP) is 2.99. The molecule has 0 spiro atoms. The first-order chi connectivity index (χ1) is 9.13. The van der Waals surface area contributed by atoms with Crippen LogP contribution in [0.4, 0.5) is 0 Å². The number of hydrogen-bond donors (Lipinski definition) is 0. The molecular weight excluding hydrogens is 381 g/mol. The third-order valence-corrected chi connectivity index (χ3v) is 2.51. The van der Waals surface area contributed by atoms with Crippen molar-refractivity contribution >= 4 is 35.9 Å². The molecule has 21 heavy (non-hydrogen) atoms. The zero-order valence-electron chi connectivity index (χ0n) is 14.6. The second-order valence-electron chi connectivity index (χ2n) is 6.37. The normalized spacial score (nSPS) is 10.4. The maximum atomic E-state index is 11.5. The Morgan fingerprint density at radius 1 is 1.00 bits per heavy atom. The van der Waals surface area contributed by atoms with Crippen LogP contribution in [0, 0.1) is 0 Å². The lowest BCUT2D eigenvalue weighted by Crippen LogP contribution is -2.35. The first-order valence-electron chi connectivity index (χ1n) is 7.24. The molecule has 0 saturated heterocycles. The van der Waals surface area contributed by atoms with Crippen LogP contribution in [0.5, 0.6) is 0 Å². The molecule has 0 fully saturated rings. The fraction of sp³-hybridized carbons (Fsp3) is 0.867. The number of unbranched alkanes of at least 4 members (excludes halogenated alkanes) is 2. The number of halogens is 1. The topological polar surface area (TPSA) is 45.1 Å². The highest BCUT2D eigenvalue weighted by Crippen LogP contribution is 2.10. The van der Waals surface area contributed by atoms with Crippen LogP contribution < -0.4 is 0 Å². The summed E-state index contributed by atoms with van der Waals surface area (Å²) in [4.78, 5) is 20.1. The van der Waals surface area contributed by atoms with Gasteiger partial charge in [0.2, 0.25) is 0 Å². The second kappa shape index (κ2) is 11.1. The van der Waals surface area contributed by atoms with Gasteiger partial charge in [0.15, 0.2) is 5.96 Å². The average molecular weight is 413 g/mol. The highest BCUT2D eigenvalue weighted by Gasteiger charge is 2.15. The largest absolute Gasteiger partial charge is 0.460 e. The molecule has 0 unspecified atom stereocenters. The van der Waals surface area contributed by atoms with Crippen molar-refractivity contribution in [2.24, 2.45) is 4.99 Å². The Bertz CT molecular complexity index is 313. The van der Waals surface area contributed by atoms with Gasteiger partial charge in [0.05, 0.1) is 0 Å². The monoisotopic (exact) mass is 413 g/mol. The number of carbonyl (C=O) groups excluding carboxylic acids is 1. The first kappa shape index (κ1) is 22.7. The number of esters is 1. The van der Waals surface area contributed by atoms with Gasteiger partial charge in [-0.05, 0) is 33.6 Å². The molecule has 0 N–H and O–H groups in total. The number of carbonyl (C=O) groups is 1. The molecule has 0 bridgehead atoms. The number of hydrogen-bond acceptors (Lipinski definition) is 3. The van der Waals surface area contributed by atoms with Crippen LogP contribution in [-0.4, -0.2) is 62.1 Å². The molecule has 0 heterocycles. The van der Waals surface area contributed by atoms with Crippen LogP contribution in [0.2, 0.25) is 0 Å². The zero-order chi connectivity index (χ0) is 15.8. The summed E-state index contributed by atoms with van der Waals surface area (Å²) in [6.45, 7) is 6.47. The van der Waals surface area contributed by atoms with Crippen molar-refractivity contribution in [2.75, 3.05) is 34.7 Å². The predicted molar refractivity (Wildman–Crippen MR) is 99.4 cm³/mol. The fourth-order valence-corrected chi connectivity index (χ4v) is 1.81. The first-order valence-corrected chi connectivity index (χ1v) is 7.24. The minimum absolute atomic E-state index is 0. The van der Waals surface area contributed by atoms with Gasteiger partial charge in [0.1, 0.15) is 5.60 Å². The third-order valence-electron chi connectivity index (χ3n) is 2.51. The maximum Gasteiger partial charge on any atom is 0.306 e. The molecule has 0 aromatic heterocycles. The number of aliphatic imine (C=N–C) groups is 1. The summed E-state index contributed by atoms with van der Waals surface area (Å²) in [5.74, 6) is 0.861. The van der Waals surface area contributed by atoms with E-state index in [0.29, 0.717) is 6.42 Å². The SMILES string of the molecule is CN(C)C(=NCCCCCC(=O)OC(C)(C)C)N(C)C.I. The fourth-order valence-electron chi connectivity index (χ4n) is 1.81. The van der Waals surface area contributed by atoms with Crippen LogP contribution in [0.15, 0.2) is 4.99 Å². The van der Waals surface area contributed by atoms with Crippen LogP contribution >= 0.6 is 24.0 Å². The van der Waals surface area contributed by atoms with E-state index in [4.69, 9.17) is 4.74 Å². The Kier molecular flexibility index (Phi) is 12.0. The van der Waals surface area contributed by atoms with Gasteiger partial charge in [-0.15, -0.1) is 24.0 Å². The van der Waals surface area contributed by atoms with Crippen LogP contribution in [-0.2, 0) is 9.53 Å². The summed E-state index contributed by atoms with van der Waals surface area (Å²) < 4.78 is 5.27. The molecular formula is C15H32IN3O2. The summed E-state index contributed by atoms with van der Waals surface area (Å²) >= 11 is 0. The summed E-state index contributed by atoms with van der Waals surface area (Å²) in [6, 6.07) is 0. The van der Waals surface area contributed by atoms with E-state index < -0.39 is 0 Å². The molecule has 126 valence electrons. The minimum atomic E-state index is -0.381. The average Bonchev–Trinajstić information content (AvgIpc) is 2.24.